The molecule has 5 nitrogen and oxygen atoms in total. The number of benzene rings is 1. The molecule has 150 valence electrons. The molecule has 1 aliphatic carbocycles. The summed E-state index contributed by atoms with van der Waals surface area (Å²) in [6.07, 6.45) is 5.32. The maximum absolute atomic E-state index is 14.1. The van der Waals surface area contributed by atoms with Gasteiger partial charge in [-0.3, -0.25) is 9.59 Å². The van der Waals surface area contributed by atoms with E-state index in [0.717, 1.165) is 31.2 Å². The van der Waals surface area contributed by atoms with Gasteiger partial charge in [-0.05, 0) is 64.3 Å². The Labute approximate surface area is 161 Å². The fraction of sp³-hybridized carbons (Fsp3) is 0.619. The molecule has 1 aromatic carbocycles. The van der Waals surface area contributed by atoms with Crippen LogP contribution in [0.2, 0.25) is 0 Å². The van der Waals surface area contributed by atoms with E-state index in [1.165, 1.54) is 13.2 Å². The Morgan fingerprint density at radius 3 is 2.48 bits per heavy atom. The molecule has 2 rings (SSSR count). The SMILES string of the molecule is COC(=O)CCCC(=O)NC1CCC(Cc2ccccc2F)(N(C)C)CC1. The van der Waals surface area contributed by atoms with Crippen molar-refractivity contribution in [1.29, 1.82) is 0 Å². The zero-order chi connectivity index (χ0) is 19.9. The van der Waals surface area contributed by atoms with Gasteiger partial charge >= 0.3 is 5.97 Å². The lowest BCUT2D eigenvalue weighted by atomic mass is 9.74. The second-order valence-corrected chi connectivity index (χ2v) is 7.66. The van der Waals surface area contributed by atoms with E-state index in [1.54, 1.807) is 6.07 Å². The van der Waals surface area contributed by atoms with Crippen LogP contribution < -0.4 is 5.32 Å². The number of carbonyl (C=O) groups is 2. The van der Waals surface area contributed by atoms with Crippen LogP contribution in [0, 0.1) is 5.82 Å². The van der Waals surface area contributed by atoms with E-state index in [0.29, 0.717) is 19.3 Å². The Kier molecular flexibility index (Phi) is 7.78. The van der Waals surface area contributed by atoms with Gasteiger partial charge in [-0.2, -0.15) is 0 Å². The molecule has 0 spiro atoms. The summed E-state index contributed by atoms with van der Waals surface area (Å²) in [5, 5.41) is 3.08. The summed E-state index contributed by atoms with van der Waals surface area (Å²) in [4.78, 5) is 25.4. The number of nitrogens with one attached hydrogen (secondary N) is 1. The van der Waals surface area contributed by atoms with Gasteiger partial charge < -0.3 is 15.0 Å². The molecule has 1 aromatic rings. The van der Waals surface area contributed by atoms with Crippen molar-refractivity contribution >= 4 is 11.9 Å². The first-order valence-corrected chi connectivity index (χ1v) is 9.63. The Morgan fingerprint density at radius 1 is 1.22 bits per heavy atom. The van der Waals surface area contributed by atoms with E-state index in [4.69, 9.17) is 0 Å². The van der Waals surface area contributed by atoms with Gasteiger partial charge in [0.25, 0.3) is 0 Å². The summed E-state index contributed by atoms with van der Waals surface area (Å²) in [5.74, 6) is -0.459. The Hall–Kier alpha value is -1.95. The van der Waals surface area contributed by atoms with Crippen molar-refractivity contribution < 1.29 is 18.7 Å². The number of ether oxygens (including phenoxy) is 1. The smallest absolute Gasteiger partial charge is 0.305 e. The zero-order valence-corrected chi connectivity index (χ0v) is 16.6. The predicted molar refractivity (Wildman–Crippen MR) is 103 cm³/mol. The molecule has 1 amide bonds. The topological polar surface area (TPSA) is 58.6 Å². The lowest BCUT2D eigenvalue weighted by Gasteiger charge is -2.45. The summed E-state index contributed by atoms with van der Waals surface area (Å²) in [7, 11) is 5.45. The molecule has 27 heavy (non-hydrogen) atoms. The lowest BCUT2D eigenvalue weighted by Crippen LogP contribution is -2.52. The zero-order valence-electron chi connectivity index (χ0n) is 16.6. The van der Waals surface area contributed by atoms with E-state index in [-0.39, 0.29) is 35.7 Å². The Balaban J connectivity index is 1.86. The van der Waals surface area contributed by atoms with Crippen molar-refractivity contribution in [2.75, 3.05) is 21.2 Å². The van der Waals surface area contributed by atoms with Crippen molar-refractivity contribution in [3.05, 3.63) is 35.6 Å². The van der Waals surface area contributed by atoms with Gasteiger partial charge in [0, 0.05) is 24.4 Å². The molecule has 0 aromatic heterocycles. The second-order valence-electron chi connectivity index (χ2n) is 7.66. The van der Waals surface area contributed by atoms with Crippen LogP contribution in [0.15, 0.2) is 24.3 Å². The molecular formula is C21H31FN2O3. The van der Waals surface area contributed by atoms with E-state index < -0.39 is 0 Å². The van der Waals surface area contributed by atoms with Gasteiger partial charge in [0.1, 0.15) is 5.82 Å². The third-order valence-electron chi connectivity index (χ3n) is 5.72. The van der Waals surface area contributed by atoms with Crippen molar-refractivity contribution in [2.24, 2.45) is 0 Å². The first kappa shape index (κ1) is 21.4. The van der Waals surface area contributed by atoms with Crippen molar-refractivity contribution in [3.8, 4) is 0 Å². The van der Waals surface area contributed by atoms with E-state index in [9.17, 15) is 14.0 Å². The fourth-order valence-electron chi connectivity index (χ4n) is 3.87. The quantitative estimate of drug-likeness (QED) is 0.707. The van der Waals surface area contributed by atoms with Gasteiger partial charge in [0.2, 0.25) is 5.91 Å². The van der Waals surface area contributed by atoms with E-state index in [1.807, 2.05) is 26.2 Å². The maximum Gasteiger partial charge on any atom is 0.305 e. The maximum atomic E-state index is 14.1. The molecule has 1 saturated carbocycles. The predicted octanol–water partition coefficient (Wildman–Crippen LogP) is 3.07. The van der Waals surface area contributed by atoms with Crippen LogP contribution in [0.5, 0.6) is 0 Å². The number of nitrogens with zero attached hydrogens (tertiary/aromatic N) is 1. The third-order valence-corrected chi connectivity index (χ3v) is 5.72. The van der Waals surface area contributed by atoms with Crippen LogP contribution in [0.3, 0.4) is 0 Å². The molecule has 1 N–H and O–H groups in total. The summed E-state index contributed by atoms with van der Waals surface area (Å²) >= 11 is 0. The summed E-state index contributed by atoms with van der Waals surface area (Å²) in [5.41, 5.74) is 0.658. The van der Waals surface area contributed by atoms with E-state index in [2.05, 4.69) is 15.0 Å². The average molecular weight is 378 g/mol. The highest BCUT2D eigenvalue weighted by atomic mass is 19.1. The number of rotatable bonds is 8. The van der Waals surface area contributed by atoms with Gasteiger partial charge in [-0.25, -0.2) is 4.39 Å². The number of hydrogen-bond acceptors (Lipinski definition) is 4. The fourth-order valence-corrected chi connectivity index (χ4v) is 3.87. The van der Waals surface area contributed by atoms with Crippen molar-refractivity contribution in [2.45, 2.75) is 62.9 Å². The Morgan fingerprint density at radius 2 is 1.89 bits per heavy atom. The van der Waals surface area contributed by atoms with Gasteiger partial charge in [0.05, 0.1) is 7.11 Å². The van der Waals surface area contributed by atoms with Crippen LogP contribution in [-0.4, -0.2) is 49.6 Å². The number of methoxy groups -OCH3 is 1. The van der Waals surface area contributed by atoms with Crippen LogP contribution in [0.1, 0.15) is 50.5 Å². The molecule has 1 aliphatic rings. The number of halogens is 1. The van der Waals surface area contributed by atoms with Gasteiger partial charge in [0.15, 0.2) is 0 Å². The van der Waals surface area contributed by atoms with E-state index >= 15 is 0 Å². The third kappa shape index (κ3) is 6.03. The van der Waals surface area contributed by atoms with Crippen molar-refractivity contribution in [3.63, 3.8) is 0 Å². The highest BCUT2D eigenvalue weighted by Gasteiger charge is 2.38. The molecule has 0 heterocycles. The molecule has 0 bridgehead atoms. The Bertz CT molecular complexity index is 640. The molecule has 0 saturated heterocycles. The minimum absolute atomic E-state index is 0.0182. The summed E-state index contributed by atoms with van der Waals surface area (Å²) in [6.45, 7) is 0. The first-order valence-electron chi connectivity index (χ1n) is 9.63. The van der Waals surface area contributed by atoms with Crippen LogP contribution in [0.4, 0.5) is 4.39 Å². The number of amides is 1. The molecular weight excluding hydrogens is 347 g/mol. The van der Waals surface area contributed by atoms with Crippen LogP contribution in [0.25, 0.3) is 0 Å². The molecule has 6 heteroatoms. The van der Waals surface area contributed by atoms with Gasteiger partial charge in [-0.15, -0.1) is 0 Å². The van der Waals surface area contributed by atoms with Gasteiger partial charge in [-0.1, -0.05) is 18.2 Å². The number of likely N-dealkylation sites (N-methyl/N-ethyl adjacent to an activating group) is 1. The monoisotopic (exact) mass is 378 g/mol. The minimum Gasteiger partial charge on any atom is -0.469 e. The number of esters is 1. The molecule has 0 radical (unpaired) electrons. The molecule has 0 aliphatic heterocycles. The van der Waals surface area contributed by atoms with Crippen molar-refractivity contribution in [1.82, 2.24) is 10.2 Å². The van der Waals surface area contributed by atoms with Crippen LogP contribution in [-0.2, 0) is 20.7 Å². The average Bonchev–Trinajstić information content (AvgIpc) is 2.65. The largest absolute Gasteiger partial charge is 0.469 e. The highest BCUT2D eigenvalue weighted by molar-refractivity contribution is 5.77. The normalized spacial score (nSPS) is 22.5. The van der Waals surface area contributed by atoms with Crippen LogP contribution >= 0.6 is 0 Å². The second kappa shape index (κ2) is 9.83. The molecule has 0 atom stereocenters. The first-order chi connectivity index (χ1) is 12.9. The molecule has 0 unspecified atom stereocenters. The summed E-state index contributed by atoms with van der Waals surface area (Å²) in [6, 6.07) is 7.11. The number of carbonyl (C=O) groups excluding carboxylic acids is 2. The number of hydrogen-bond donors (Lipinski definition) is 1. The minimum atomic E-state index is -0.288. The lowest BCUT2D eigenvalue weighted by molar-refractivity contribution is -0.140. The highest BCUT2D eigenvalue weighted by Crippen LogP contribution is 2.36. The summed E-state index contributed by atoms with van der Waals surface area (Å²) < 4.78 is 18.7. The molecule has 1 fully saturated rings. The standard InChI is InChI=1S/C21H31FN2O3/c1-24(2)21(15-16-7-4-5-8-18(16)22)13-11-17(12-14-21)23-19(25)9-6-10-20(26)27-3/h4-5,7-8,17H,6,9-15H2,1-3H3,(H,23,25).